The average Bonchev–Trinajstić information content (AvgIpc) is 2.55. The zero-order valence-electron chi connectivity index (χ0n) is 6.58. The van der Waals surface area contributed by atoms with E-state index in [2.05, 4.69) is 6.08 Å². The highest BCUT2D eigenvalue weighted by Crippen LogP contribution is 2.55. The number of hydrogen-bond acceptors (Lipinski definition) is 0. The van der Waals surface area contributed by atoms with Crippen molar-refractivity contribution in [3.8, 4) is 0 Å². The molecule has 2 bridgehead atoms. The topological polar surface area (TPSA) is 25.3 Å². The Bertz CT molecular complexity index is 267. The fourth-order valence-corrected chi connectivity index (χ4v) is 3.01. The molecule has 1 saturated heterocycles. The lowest BCUT2D eigenvalue weighted by atomic mass is 9.75. The van der Waals surface area contributed by atoms with Crippen LogP contribution in [0, 0.1) is 5.92 Å². The summed E-state index contributed by atoms with van der Waals surface area (Å²) in [6, 6.07) is 0. The van der Waals surface area contributed by atoms with Crippen molar-refractivity contribution in [2.24, 2.45) is 5.92 Å². The Balaban J connectivity index is 2.05. The van der Waals surface area contributed by atoms with Gasteiger partial charge in [-0.05, 0) is 12.8 Å². The van der Waals surface area contributed by atoms with Crippen LogP contribution in [0.25, 0.3) is 5.53 Å². The van der Waals surface area contributed by atoms with Crippen LogP contribution >= 0.6 is 0 Å². The maximum absolute atomic E-state index is 9.60. The van der Waals surface area contributed by atoms with E-state index < -0.39 is 0 Å². The van der Waals surface area contributed by atoms with Crippen molar-refractivity contribution in [3.05, 3.63) is 17.3 Å². The largest absolute Gasteiger partial charge is 0.500 e. The number of rotatable bonds is 0. The molecular formula is C9H12N2. The molecule has 0 aromatic heterocycles. The summed E-state index contributed by atoms with van der Waals surface area (Å²) >= 11 is 0. The van der Waals surface area contributed by atoms with Gasteiger partial charge in [-0.3, -0.25) is 4.70 Å². The van der Waals surface area contributed by atoms with Crippen LogP contribution in [0.2, 0.25) is 0 Å². The zero-order valence-corrected chi connectivity index (χ0v) is 6.58. The maximum atomic E-state index is 9.60. The van der Waals surface area contributed by atoms with Gasteiger partial charge in [-0.25, -0.2) is 0 Å². The van der Waals surface area contributed by atoms with Gasteiger partial charge in [0.2, 0.25) is 0 Å². The zero-order chi connectivity index (χ0) is 7.47. The van der Waals surface area contributed by atoms with Crippen LogP contribution in [0.4, 0.5) is 0 Å². The van der Waals surface area contributed by atoms with E-state index in [-0.39, 0.29) is 5.54 Å². The number of nitrogens with zero attached hydrogens (tertiary/aromatic N) is 2. The lowest BCUT2D eigenvalue weighted by Crippen LogP contribution is -2.45. The maximum Gasteiger partial charge on any atom is 0.184 e. The molecule has 58 valence electrons. The summed E-state index contributed by atoms with van der Waals surface area (Å²) in [4.78, 5) is 0. The minimum atomic E-state index is 0.119. The van der Waals surface area contributed by atoms with Crippen LogP contribution in [-0.4, -0.2) is 10.2 Å². The van der Waals surface area contributed by atoms with Gasteiger partial charge < -0.3 is 5.53 Å². The Morgan fingerprint density at radius 2 is 2.45 bits per heavy atom. The highest BCUT2D eigenvalue weighted by molar-refractivity contribution is 5.26. The lowest BCUT2D eigenvalue weighted by molar-refractivity contribution is -0.590. The molecule has 2 aliphatic heterocycles. The molecule has 2 atom stereocenters. The van der Waals surface area contributed by atoms with E-state index in [1.165, 1.54) is 36.1 Å². The second-order valence-corrected chi connectivity index (χ2v) is 4.09. The van der Waals surface area contributed by atoms with Gasteiger partial charge in [0.15, 0.2) is 11.2 Å². The second-order valence-electron chi connectivity index (χ2n) is 4.09. The van der Waals surface area contributed by atoms with Gasteiger partial charge >= 0.3 is 0 Å². The van der Waals surface area contributed by atoms with E-state index in [1.807, 2.05) is 0 Å². The highest BCUT2D eigenvalue weighted by atomic mass is 15.3. The molecule has 2 aliphatic carbocycles. The molecule has 11 heavy (non-hydrogen) atoms. The Morgan fingerprint density at radius 1 is 1.55 bits per heavy atom. The first-order valence-electron chi connectivity index (χ1n) is 4.54. The molecular weight excluding hydrogens is 136 g/mol. The van der Waals surface area contributed by atoms with Gasteiger partial charge in [-0.15, -0.1) is 0 Å². The van der Waals surface area contributed by atoms with Crippen LogP contribution in [0.3, 0.4) is 0 Å². The molecule has 1 spiro atoms. The fourth-order valence-electron chi connectivity index (χ4n) is 3.01. The van der Waals surface area contributed by atoms with E-state index in [0.29, 0.717) is 0 Å². The minimum Gasteiger partial charge on any atom is -0.500 e. The van der Waals surface area contributed by atoms with Crippen LogP contribution in [-0.2, 0) is 0 Å². The quantitative estimate of drug-likeness (QED) is 0.471. The van der Waals surface area contributed by atoms with Gasteiger partial charge in [-0.2, -0.15) is 0 Å². The third-order valence-corrected chi connectivity index (χ3v) is 3.63. The van der Waals surface area contributed by atoms with E-state index in [1.54, 1.807) is 0 Å². The summed E-state index contributed by atoms with van der Waals surface area (Å²) < 4.78 is 1.54. The highest BCUT2D eigenvalue weighted by Gasteiger charge is 2.61. The van der Waals surface area contributed by atoms with Crippen molar-refractivity contribution >= 4 is 0 Å². The molecule has 0 radical (unpaired) electrons. The normalized spacial score (nSPS) is 46.4. The Kier molecular flexibility index (Phi) is 0.846. The Hall–Kier alpha value is -0.660. The lowest BCUT2D eigenvalue weighted by Gasteiger charge is -2.36. The molecule has 4 rings (SSSR count). The van der Waals surface area contributed by atoms with E-state index in [4.69, 9.17) is 0 Å². The van der Waals surface area contributed by atoms with Gasteiger partial charge in [0.05, 0.1) is 6.08 Å². The third kappa shape index (κ3) is 0.481. The summed E-state index contributed by atoms with van der Waals surface area (Å²) in [5.74, 6) is 0.747. The molecule has 4 aliphatic rings. The molecule has 0 N–H and O–H groups in total. The van der Waals surface area contributed by atoms with E-state index >= 15 is 0 Å². The first-order valence-corrected chi connectivity index (χ1v) is 4.54. The van der Waals surface area contributed by atoms with Crippen molar-refractivity contribution in [3.63, 3.8) is 0 Å². The van der Waals surface area contributed by atoms with Gasteiger partial charge in [0.25, 0.3) is 0 Å². The first kappa shape index (κ1) is 5.92. The van der Waals surface area contributed by atoms with Crippen molar-refractivity contribution in [1.29, 1.82) is 0 Å². The monoisotopic (exact) mass is 148 g/mol. The van der Waals surface area contributed by atoms with Gasteiger partial charge in [0, 0.05) is 18.8 Å². The molecule has 2 fully saturated rings. The van der Waals surface area contributed by atoms with Crippen LogP contribution in [0.5, 0.6) is 0 Å². The van der Waals surface area contributed by atoms with Crippen molar-refractivity contribution < 1.29 is 4.70 Å². The summed E-state index contributed by atoms with van der Waals surface area (Å²) in [7, 11) is 0. The molecule has 1 saturated carbocycles. The summed E-state index contributed by atoms with van der Waals surface area (Å²) in [5.41, 5.74) is 10.9. The molecule has 2 unspecified atom stereocenters. The van der Waals surface area contributed by atoms with Crippen molar-refractivity contribution in [2.75, 3.05) is 0 Å². The predicted octanol–water partition coefficient (Wildman–Crippen LogP) is 2.25. The molecule has 2 heterocycles. The summed E-state index contributed by atoms with van der Waals surface area (Å²) in [6.45, 7) is 0. The summed E-state index contributed by atoms with van der Waals surface area (Å²) in [6.07, 6.45) is 8.57. The number of hydrogen-bond donors (Lipinski definition) is 0. The second kappa shape index (κ2) is 1.57. The van der Waals surface area contributed by atoms with Crippen LogP contribution in [0.15, 0.2) is 11.8 Å². The minimum absolute atomic E-state index is 0.119. The third-order valence-electron chi connectivity index (χ3n) is 3.63. The smallest absolute Gasteiger partial charge is 0.184 e. The fraction of sp³-hybridized carbons (Fsp3) is 0.778. The Labute approximate surface area is 66.4 Å². The van der Waals surface area contributed by atoms with Crippen LogP contribution in [0.1, 0.15) is 32.1 Å². The predicted molar refractivity (Wildman–Crippen MR) is 41.0 cm³/mol. The van der Waals surface area contributed by atoms with Gasteiger partial charge in [0.1, 0.15) is 0 Å². The standard InChI is InChI=1S/C9H12N2/c10-11-8-5-7-3-1-2-4-9(7,11)6-8/h6-7H,1-5H2. The molecule has 0 aromatic rings. The molecule has 2 nitrogen and oxygen atoms in total. The van der Waals surface area contributed by atoms with Crippen molar-refractivity contribution in [2.45, 2.75) is 37.6 Å². The van der Waals surface area contributed by atoms with E-state index in [9.17, 15) is 5.53 Å². The molecule has 0 amide bonds. The number of allylic oxidation sites excluding steroid dienone is 1. The van der Waals surface area contributed by atoms with Gasteiger partial charge in [-0.1, -0.05) is 6.42 Å². The van der Waals surface area contributed by atoms with Crippen LogP contribution < -0.4 is 0 Å². The molecule has 2 heteroatoms. The van der Waals surface area contributed by atoms with Crippen molar-refractivity contribution in [1.82, 2.24) is 0 Å². The first-order chi connectivity index (χ1) is 5.33. The van der Waals surface area contributed by atoms with E-state index in [0.717, 1.165) is 12.3 Å². The Morgan fingerprint density at radius 3 is 3.18 bits per heavy atom. The molecule has 0 aromatic carbocycles. The summed E-state index contributed by atoms with van der Waals surface area (Å²) in [5, 5.41) is 0. The average molecular weight is 148 g/mol. The SMILES string of the molecule is [N-]=[N+]1C2=CC13CCCCC3C2.